The van der Waals surface area contributed by atoms with E-state index in [1.807, 2.05) is 0 Å². The molecule has 4 aromatic rings. The molecule has 0 atom stereocenters. The molecular weight excluding hydrogens is 554 g/mol. The number of nitrogens with zero attached hydrogens (tertiary/aromatic N) is 2. The van der Waals surface area contributed by atoms with Gasteiger partial charge in [-0.1, -0.05) is 0 Å². The fraction of sp³-hybridized carbons (Fsp3) is 0.233. The number of hydrogen-bond donors (Lipinski definition) is 0. The van der Waals surface area contributed by atoms with Crippen LogP contribution in [0, 0.1) is 11.6 Å². The van der Waals surface area contributed by atoms with Crippen LogP contribution in [0.1, 0.15) is 41.5 Å². The molecule has 2 aromatic heterocycles. The molecule has 0 fully saturated rings. The Morgan fingerprint density at radius 3 is 1.57 bits per heavy atom. The van der Waals surface area contributed by atoms with Crippen LogP contribution in [0.25, 0.3) is 21.8 Å². The molecule has 0 N–H and O–H groups in total. The van der Waals surface area contributed by atoms with E-state index in [1.54, 1.807) is 13.8 Å². The van der Waals surface area contributed by atoms with Gasteiger partial charge in [0.2, 0.25) is 10.9 Å². The van der Waals surface area contributed by atoms with Crippen molar-refractivity contribution in [3.63, 3.8) is 0 Å². The third-order valence-electron chi connectivity index (χ3n) is 6.21. The molecule has 0 unspecified atom stereocenters. The maximum Gasteiger partial charge on any atom is 0.343 e. The molecule has 0 amide bonds. The van der Waals surface area contributed by atoms with Crippen molar-refractivity contribution < 1.29 is 37.4 Å². The van der Waals surface area contributed by atoms with Crippen molar-refractivity contribution in [2.24, 2.45) is 0 Å². The average Bonchev–Trinajstić information content (AvgIpc) is 2.94. The zero-order chi connectivity index (χ0) is 30.6. The van der Waals surface area contributed by atoms with Gasteiger partial charge in [0, 0.05) is 48.8 Å². The minimum absolute atomic E-state index is 0.000116. The number of aromatic nitrogens is 2. The van der Waals surface area contributed by atoms with Gasteiger partial charge in [0.25, 0.3) is 0 Å². The lowest BCUT2D eigenvalue weighted by Gasteiger charge is -2.18. The smallest absolute Gasteiger partial charge is 0.343 e. The molecule has 0 saturated carbocycles. The number of ether oxygens (including phenoxy) is 3. The summed E-state index contributed by atoms with van der Waals surface area (Å²) in [6.07, 6.45) is 3.66. The first-order chi connectivity index (χ1) is 20.0. The Kier molecular flexibility index (Phi) is 8.94. The van der Waals surface area contributed by atoms with Gasteiger partial charge in [0.15, 0.2) is 0 Å². The highest BCUT2D eigenvalue weighted by Crippen LogP contribution is 2.20. The lowest BCUT2D eigenvalue weighted by Crippen LogP contribution is -2.23. The first kappa shape index (κ1) is 29.8. The fourth-order valence-electron chi connectivity index (χ4n) is 4.44. The van der Waals surface area contributed by atoms with Crippen molar-refractivity contribution >= 4 is 39.7 Å². The third-order valence-corrected chi connectivity index (χ3v) is 6.21. The predicted octanol–water partition coefficient (Wildman–Crippen LogP) is 4.10. The zero-order valence-electron chi connectivity index (χ0n) is 22.9. The zero-order valence-corrected chi connectivity index (χ0v) is 22.9. The number of halogens is 2. The Bertz CT molecular complexity index is 1750. The molecule has 12 heteroatoms. The van der Waals surface area contributed by atoms with E-state index < -0.39 is 40.4 Å². The summed E-state index contributed by atoms with van der Waals surface area (Å²) in [7, 11) is 0. The maximum absolute atomic E-state index is 14.1. The molecule has 2 aromatic carbocycles. The van der Waals surface area contributed by atoms with Crippen LogP contribution in [0.2, 0.25) is 0 Å². The molecule has 0 aliphatic carbocycles. The first-order valence-electron chi connectivity index (χ1n) is 12.9. The van der Waals surface area contributed by atoms with E-state index in [9.17, 15) is 32.8 Å². The highest BCUT2D eigenvalue weighted by atomic mass is 19.1. The number of hydrogen-bond acceptors (Lipinski definition) is 8. The first-order valence-corrected chi connectivity index (χ1v) is 12.9. The average molecular weight is 581 g/mol. The number of allylic oxidation sites excluding steroid dienone is 1. The number of benzene rings is 2. The van der Waals surface area contributed by atoms with E-state index in [2.05, 4.69) is 0 Å². The SMILES string of the molecule is CCOC(=O)c1cn(CC(=COC(C)=O)Cn2cc(C(=O)OCC)c(=O)c3cc(F)ccc32)c2ccc(F)cc2c1=O. The van der Waals surface area contributed by atoms with Gasteiger partial charge < -0.3 is 23.3 Å². The van der Waals surface area contributed by atoms with Gasteiger partial charge in [-0.15, -0.1) is 0 Å². The lowest BCUT2D eigenvalue weighted by molar-refractivity contribution is -0.135. The Labute approximate surface area is 237 Å². The summed E-state index contributed by atoms with van der Waals surface area (Å²) in [4.78, 5) is 62.9. The Balaban J connectivity index is 1.90. The quantitative estimate of drug-likeness (QED) is 0.165. The summed E-state index contributed by atoms with van der Waals surface area (Å²) in [5.41, 5.74) is -1.25. The molecule has 0 saturated heterocycles. The van der Waals surface area contributed by atoms with Gasteiger partial charge in [-0.25, -0.2) is 18.4 Å². The van der Waals surface area contributed by atoms with Crippen LogP contribution < -0.4 is 10.9 Å². The molecule has 10 nitrogen and oxygen atoms in total. The molecule has 0 aliphatic rings. The topological polar surface area (TPSA) is 123 Å². The van der Waals surface area contributed by atoms with E-state index in [1.165, 1.54) is 40.6 Å². The Morgan fingerprint density at radius 1 is 0.762 bits per heavy atom. The van der Waals surface area contributed by atoms with Crippen molar-refractivity contribution in [3.8, 4) is 0 Å². The summed E-state index contributed by atoms with van der Waals surface area (Å²) < 4.78 is 46.4. The second-order valence-corrected chi connectivity index (χ2v) is 9.15. The molecule has 0 spiro atoms. The number of fused-ring (bicyclic) bond motifs is 2. The summed E-state index contributed by atoms with van der Waals surface area (Å²) in [5.74, 6) is -3.84. The van der Waals surface area contributed by atoms with Crippen molar-refractivity contribution in [1.82, 2.24) is 9.13 Å². The minimum Gasteiger partial charge on any atom is -0.462 e. The van der Waals surface area contributed by atoms with Gasteiger partial charge in [0.1, 0.15) is 22.8 Å². The molecule has 4 rings (SSSR count). The summed E-state index contributed by atoms with van der Waals surface area (Å²) >= 11 is 0. The highest BCUT2D eigenvalue weighted by Gasteiger charge is 2.20. The van der Waals surface area contributed by atoms with E-state index in [0.717, 1.165) is 30.5 Å². The van der Waals surface area contributed by atoms with Crippen LogP contribution in [-0.2, 0) is 32.1 Å². The Hall–Kier alpha value is -5.13. The molecule has 0 bridgehead atoms. The molecular formula is C30H26F2N2O8. The largest absolute Gasteiger partial charge is 0.462 e. The summed E-state index contributed by atoms with van der Waals surface area (Å²) in [6, 6.07) is 7.02. The highest BCUT2D eigenvalue weighted by molar-refractivity contribution is 5.94. The number of rotatable bonds is 9. The van der Waals surface area contributed by atoms with E-state index in [0.29, 0.717) is 5.57 Å². The molecule has 218 valence electrons. The number of pyridine rings is 2. The number of carbonyl (C=O) groups excluding carboxylic acids is 3. The fourth-order valence-corrected chi connectivity index (χ4v) is 4.44. The monoisotopic (exact) mass is 580 g/mol. The maximum atomic E-state index is 14.1. The molecule has 2 heterocycles. The summed E-state index contributed by atoms with van der Waals surface area (Å²) in [6.45, 7) is 4.11. The number of carbonyl (C=O) groups is 3. The van der Waals surface area contributed by atoms with E-state index in [-0.39, 0.29) is 59.2 Å². The van der Waals surface area contributed by atoms with Gasteiger partial charge in [-0.05, 0) is 50.2 Å². The normalized spacial score (nSPS) is 10.9. The van der Waals surface area contributed by atoms with Crippen LogP contribution in [-0.4, -0.2) is 40.3 Å². The van der Waals surface area contributed by atoms with Gasteiger partial charge in [-0.3, -0.25) is 14.4 Å². The second-order valence-electron chi connectivity index (χ2n) is 9.15. The van der Waals surface area contributed by atoms with E-state index >= 15 is 0 Å². The van der Waals surface area contributed by atoms with Gasteiger partial charge in [0.05, 0.1) is 30.5 Å². The van der Waals surface area contributed by atoms with Crippen LogP contribution in [0.3, 0.4) is 0 Å². The standard InChI is InChI=1S/C30H26F2N2O8/c1-4-40-29(38)23-14-33(25-8-6-19(31)10-21(25)27(23)36)12-18(16-42-17(3)35)13-34-15-24(30(39)41-5-2)28(37)22-11-20(32)7-9-26(22)34/h6-11,14-16H,4-5,12-13H2,1-3H3. The van der Waals surface area contributed by atoms with Gasteiger partial charge >= 0.3 is 17.9 Å². The molecule has 0 radical (unpaired) electrons. The van der Waals surface area contributed by atoms with Gasteiger partial charge in [-0.2, -0.15) is 0 Å². The molecule has 42 heavy (non-hydrogen) atoms. The predicted molar refractivity (Wildman–Crippen MR) is 148 cm³/mol. The van der Waals surface area contributed by atoms with Crippen LogP contribution in [0.5, 0.6) is 0 Å². The summed E-state index contributed by atoms with van der Waals surface area (Å²) in [5, 5.41) is -0.164. The lowest BCUT2D eigenvalue weighted by atomic mass is 10.1. The second kappa shape index (κ2) is 12.6. The molecule has 0 aliphatic heterocycles. The van der Waals surface area contributed by atoms with Crippen molar-refractivity contribution in [3.05, 3.63) is 104 Å². The Morgan fingerprint density at radius 2 is 1.19 bits per heavy atom. The van der Waals surface area contributed by atoms with Crippen molar-refractivity contribution in [2.45, 2.75) is 33.9 Å². The van der Waals surface area contributed by atoms with E-state index in [4.69, 9.17) is 14.2 Å². The minimum atomic E-state index is -0.902. The van der Waals surface area contributed by atoms with Crippen LogP contribution >= 0.6 is 0 Å². The van der Waals surface area contributed by atoms with Crippen LogP contribution in [0.4, 0.5) is 8.78 Å². The third kappa shape index (κ3) is 6.27. The number of esters is 3. The van der Waals surface area contributed by atoms with Crippen LogP contribution in [0.15, 0.2) is 70.2 Å². The van der Waals surface area contributed by atoms with Crippen molar-refractivity contribution in [2.75, 3.05) is 13.2 Å². The van der Waals surface area contributed by atoms with Crippen molar-refractivity contribution in [1.29, 1.82) is 0 Å².